The molecule has 0 bridgehead atoms. The third-order valence-corrected chi connectivity index (χ3v) is 8.04. The van der Waals surface area contributed by atoms with Gasteiger partial charge in [-0.05, 0) is 42.5 Å². The van der Waals surface area contributed by atoms with Gasteiger partial charge in [0.2, 0.25) is 28.3 Å². The van der Waals surface area contributed by atoms with Crippen LogP contribution >= 0.6 is 11.6 Å². The van der Waals surface area contributed by atoms with E-state index in [9.17, 15) is 18.0 Å². The van der Waals surface area contributed by atoms with E-state index in [1.165, 1.54) is 16.4 Å². The average molecular weight is 513 g/mol. The summed E-state index contributed by atoms with van der Waals surface area (Å²) < 4.78 is 27.3. The summed E-state index contributed by atoms with van der Waals surface area (Å²) in [5.41, 5.74) is 3.21. The minimum atomic E-state index is -3.66. The van der Waals surface area contributed by atoms with Gasteiger partial charge in [0.05, 0.1) is 22.7 Å². The van der Waals surface area contributed by atoms with E-state index in [0.29, 0.717) is 46.7 Å². The number of piperazine rings is 1. The number of benzene rings is 2. The Morgan fingerprint density at radius 1 is 1.06 bits per heavy atom. The van der Waals surface area contributed by atoms with Gasteiger partial charge in [-0.3, -0.25) is 9.59 Å². The van der Waals surface area contributed by atoms with Crippen LogP contribution in [0.4, 0.5) is 17.3 Å². The number of hydrogen-bond acceptors (Lipinski definition) is 7. The van der Waals surface area contributed by atoms with Crippen LogP contribution in [-0.2, 0) is 26.0 Å². The topological polar surface area (TPSA) is 125 Å². The van der Waals surface area contributed by atoms with Crippen LogP contribution in [-0.4, -0.2) is 66.1 Å². The zero-order valence-corrected chi connectivity index (χ0v) is 20.0. The zero-order valence-electron chi connectivity index (χ0n) is 18.4. The van der Waals surface area contributed by atoms with Gasteiger partial charge in [-0.2, -0.15) is 4.31 Å². The van der Waals surface area contributed by atoms with Crippen molar-refractivity contribution in [2.45, 2.75) is 11.3 Å². The highest BCUT2D eigenvalue weighted by atomic mass is 35.5. The van der Waals surface area contributed by atoms with Gasteiger partial charge in [0, 0.05) is 54.2 Å². The predicted octanol–water partition coefficient (Wildman–Crippen LogP) is 2.50. The van der Waals surface area contributed by atoms with Crippen LogP contribution in [0, 0.1) is 0 Å². The summed E-state index contributed by atoms with van der Waals surface area (Å²) in [6, 6.07) is 11.5. The number of nitrogens with zero attached hydrogens (tertiary/aromatic N) is 4. The summed E-state index contributed by atoms with van der Waals surface area (Å²) in [7, 11) is -3.66. The Kier molecular flexibility index (Phi) is 6.13. The van der Waals surface area contributed by atoms with E-state index in [0.717, 1.165) is 12.0 Å². The van der Waals surface area contributed by atoms with E-state index < -0.39 is 10.0 Å². The summed E-state index contributed by atoms with van der Waals surface area (Å²) in [6.07, 6.45) is 2.47. The highest BCUT2D eigenvalue weighted by molar-refractivity contribution is 7.89. The number of rotatable bonds is 5. The molecule has 2 aromatic carbocycles. The fourth-order valence-electron chi connectivity index (χ4n) is 4.06. The van der Waals surface area contributed by atoms with Crippen LogP contribution < -0.4 is 10.6 Å². The van der Waals surface area contributed by atoms with Crippen molar-refractivity contribution in [3.05, 3.63) is 59.2 Å². The van der Waals surface area contributed by atoms with Gasteiger partial charge in [0.15, 0.2) is 0 Å². The second-order valence-corrected chi connectivity index (χ2v) is 10.6. The number of hydrogen-bond donors (Lipinski definition) is 2. The number of aromatic nitrogens is 2. The molecule has 5 rings (SSSR count). The number of sulfonamides is 1. The molecule has 3 aromatic rings. The van der Waals surface area contributed by atoms with E-state index in [1.54, 1.807) is 41.4 Å². The maximum absolute atomic E-state index is 12.9. The number of nitrogens with one attached hydrogen (secondary N) is 2. The molecular weight excluding hydrogens is 492 g/mol. The Morgan fingerprint density at radius 2 is 1.80 bits per heavy atom. The van der Waals surface area contributed by atoms with Gasteiger partial charge in [0.1, 0.15) is 0 Å². The molecule has 3 heterocycles. The third-order valence-electron chi connectivity index (χ3n) is 5.90. The largest absolute Gasteiger partial charge is 0.343 e. The molecule has 12 heteroatoms. The van der Waals surface area contributed by atoms with Crippen molar-refractivity contribution in [2.75, 3.05) is 36.8 Å². The number of halogens is 1. The lowest BCUT2D eigenvalue weighted by Gasteiger charge is -2.31. The number of fused-ring (bicyclic) bond motifs is 3. The highest BCUT2D eigenvalue weighted by Gasteiger charge is 2.28. The molecular formula is C23H21ClN6O4S. The van der Waals surface area contributed by atoms with Crippen molar-refractivity contribution >= 4 is 51.3 Å². The second-order valence-electron chi connectivity index (χ2n) is 8.18. The normalized spacial score (nSPS) is 16.0. The molecule has 0 spiro atoms. The van der Waals surface area contributed by atoms with Crippen LogP contribution in [0.25, 0.3) is 11.3 Å². The van der Waals surface area contributed by atoms with Crippen molar-refractivity contribution in [2.24, 2.45) is 0 Å². The minimum absolute atomic E-state index is 0.135. The number of carbonyl (C=O) groups excluding carboxylic acids is 2. The molecule has 0 unspecified atom stereocenters. The maximum Gasteiger partial charge on any atom is 0.243 e. The van der Waals surface area contributed by atoms with Crippen molar-refractivity contribution in [3.8, 4) is 11.3 Å². The van der Waals surface area contributed by atoms with Gasteiger partial charge in [0.25, 0.3) is 0 Å². The van der Waals surface area contributed by atoms with Crippen LogP contribution in [0.2, 0.25) is 5.02 Å². The van der Waals surface area contributed by atoms with Gasteiger partial charge >= 0.3 is 0 Å². The minimum Gasteiger partial charge on any atom is -0.343 e. The molecule has 2 N–H and O–H groups in total. The van der Waals surface area contributed by atoms with Crippen LogP contribution in [0.5, 0.6) is 0 Å². The smallest absolute Gasteiger partial charge is 0.243 e. The summed E-state index contributed by atoms with van der Waals surface area (Å²) in [5.74, 6) is 0.125. The Bertz CT molecular complexity index is 1410. The second kappa shape index (κ2) is 9.25. The standard InChI is InChI=1S/C23H21ClN6O4S/c24-16-1-6-19-20(12-16)27-21(32)11-15-13-25-23(28-22(15)19)26-17-2-4-18(5-3-17)35(33,34)30-9-7-29(14-31)8-10-30/h1-6,12-14H,7-11H2,(H,27,32)(H,25,26,28). The van der Waals surface area contributed by atoms with Crippen molar-refractivity contribution < 1.29 is 18.0 Å². The molecule has 0 radical (unpaired) electrons. The average Bonchev–Trinajstić information content (AvgIpc) is 2.99. The molecule has 1 saturated heterocycles. The van der Waals surface area contributed by atoms with Crippen molar-refractivity contribution in [3.63, 3.8) is 0 Å². The summed E-state index contributed by atoms with van der Waals surface area (Å²) in [4.78, 5) is 33.8. The van der Waals surface area contributed by atoms with Crippen LogP contribution in [0.3, 0.4) is 0 Å². The highest BCUT2D eigenvalue weighted by Crippen LogP contribution is 2.35. The molecule has 1 fully saturated rings. The van der Waals surface area contributed by atoms with Gasteiger partial charge in [-0.15, -0.1) is 0 Å². The SMILES string of the molecule is O=CN1CCN(S(=O)(=O)c2ccc(Nc3ncc4c(n3)-c3ccc(Cl)cc3NC(=O)C4)cc2)CC1. The lowest BCUT2D eigenvalue weighted by Crippen LogP contribution is -2.47. The first-order chi connectivity index (χ1) is 16.8. The first kappa shape index (κ1) is 23.2. The lowest BCUT2D eigenvalue weighted by atomic mass is 10.1. The van der Waals surface area contributed by atoms with E-state index in [1.807, 2.05) is 0 Å². The van der Waals surface area contributed by atoms with Gasteiger partial charge in [-0.25, -0.2) is 18.4 Å². The Morgan fingerprint density at radius 3 is 2.51 bits per heavy atom. The molecule has 35 heavy (non-hydrogen) atoms. The Balaban J connectivity index is 1.37. The monoisotopic (exact) mass is 512 g/mol. The van der Waals surface area contributed by atoms with Crippen LogP contribution in [0.15, 0.2) is 53.6 Å². The van der Waals surface area contributed by atoms with E-state index in [4.69, 9.17) is 11.6 Å². The summed E-state index contributed by atoms with van der Waals surface area (Å²) in [6.45, 7) is 1.26. The zero-order chi connectivity index (χ0) is 24.6. The summed E-state index contributed by atoms with van der Waals surface area (Å²) >= 11 is 6.09. The first-order valence-corrected chi connectivity index (χ1v) is 12.7. The molecule has 2 amide bonds. The van der Waals surface area contributed by atoms with Crippen LogP contribution in [0.1, 0.15) is 5.56 Å². The van der Waals surface area contributed by atoms with Crippen molar-refractivity contribution in [1.82, 2.24) is 19.2 Å². The molecule has 10 nitrogen and oxygen atoms in total. The van der Waals surface area contributed by atoms with Gasteiger partial charge in [-0.1, -0.05) is 11.6 Å². The summed E-state index contributed by atoms with van der Waals surface area (Å²) in [5, 5.41) is 6.43. The fraction of sp³-hybridized carbons (Fsp3) is 0.217. The molecule has 180 valence electrons. The van der Waals surface area contributed by atoms with Crippen molar-refractivity contribution in [1.29, 1.82) is 0 Å². The lowest BCUT2D eigenvalue weighted by molar-refractivity contribution is -0.119. The Labute approximate surface area is 207 Å². The Hall–Kier alpha value is -3.54. The quantitative estimate of drug-likeness (QED) is 0.503. The van der Waals surface area contributed by atoms with Gasteiger partial charge < -0.3 is 15.5 Å². The number of amides is 2. The molecule has 2 aliphatic rings. The number of carbonyl (C=O) groups is 2. The molecule has 0 saturated carbocycles. The predicted molar refractivity (Wildman–Crippen MR) is 131 cm³/mol. The maximum atomic E-state index is 12.9. The third kappa shape index (κ3) is 4.70. The molecule has 0 aliphatic carbocycles. The molecule has 2 aliphatic heterocycles. The fourth-order valence-corrected chi connectivity index (χ4v) is 5.66. The number of anilines is 3. The first-order valence-electron chi connectivity index (χ1n) is 10.9. The van der Waals surface area contributed by atoms with E-state index >= 15 is 0 Å². The van der Waals surface area contributed by atoms with E-state index in [-0.39, 0.29) is 30.3 Å². The van der Waals surface area contributed by atoms with E-state index in [2.05, 4.69) is 20.6 Å². The molecule has 1 aromatic heterocycles. The molecule has 0 atom stereocenters.